The minimum absolute atomic E-state index is 0.0156. The maximum absolute atomic E-state index is 11.3. The molecule has 0 bridgehead atoms. The van der Waals surface area contributed by atoms with Gasteiger partial charge in [-0.05, 0) is 24.3 Å². The van der Waals surface area contributed by atoms with Crippen LogP contribution in [0.15, 0.2) is 30.9 Å². The average molecular weight is 203 g/mol. The molecule has 4 heteroatoms. The molecule has 1 N–H and O–H groups in total. The van der Waals surface area contributed by atoms with Crippen molar-refractivity contribution in [2.45, 2.75) is 0 Å². The van der Waals surface area contributed by atoms with Gasteiger partial charge in [0.05, 0.1) is 5.69 Å². The second kappa shape index (κ2) is 3.57. The summed E-state index contributed by atoms with van der Waals surface area (Å²) < 4.78 is 5.15. The molecule has 0 spiro atoms. The van der Waals surface area contributed by atoms with Crippen LogP contribution >= 0.6 is 0 Å². The van der Waals surface area contributed by atoms with Crippen molar-refractivity contribution in [3.63, 3.8) is 0 Å². The van der Waals surface area contributed by atoms with E-state index in [4.69, 9.17) is 4.74 Å². The number of amides is 1. The average Bonchev–Trinajstić information content (AvgIpc) is 2.27. The summed E-state index contributed by atoms with van der Waals surface area (Å²) in [5.41, 5.74) is 1.01. The first-order valence-corrected chi connectivity index (χ1v) is 4.44. The number of rotatable bonds is 2. The van der Waals surface area contributed by atoms with E-state index in [1.54, 1.807) is 18.2 Å². The van der Waals surface area contributed by atoms with Crippen LogP contribution in [0.1, 0.15) is 10.4 Å². The van der Waals surface area contributed by atoms with Gasteiger partial charge < -0.3 is 10.1 Å². The van der Waals surface area contributed by atoms with E-state index >= 15 is 0 Å². The van der Waals surface area contributed by atoms with Gasteiger partial charge in [0.25, 0.3) is 5.91 Å². The second-order valence-electron chi connectivity index (χ2n) is 3.12. The molecule has 0 saturated carbocycles. The quantitative estimate of drug-likeness (QED) is 0.583. The molecular weight excluding hydrogens is 194 g/mol. The van der Waals surface area contributed by atoms with Gasteiger partial charge >= 0.3 is 0 Å². The zero-order valence-corrected chi connectivity index (χ0v) is 7.95. The van der Waals surface area contributed by atoms with Gasteiger partial charge in [-0.1, -0.05) is 6.58 Å². The molecule has 1 amide bonds. The molecule has 15 heavy (non-hydrogen) atoms. The number of fused-ring (bicyclic) bond motifs is 1. The first kappa shape index (κ1) is 9.45. The number of carbonyl (C=O) groups excluding carboxylic acids is 2. The normalized spacial score (nSPS) is 13.5. The van der Waals surface area contributed by atoms with Crippen molar-refractivity contribution < 1.29 is 14.3 Å². The Morgan fingerprint density at radius 1 is 1.53 bits per heavy atom. The predicted octanol–water partition coefficient (Wildman–Crippen LogP) is 1.39. The first-order valence-electron chi connectivity index (χ1n) is 4.44. The molecule has 0 fully saturated rings. The summed E-state index contributed by atoms with van der Waals surface area (Å²) in [6.07, 6.45) is 1.23. The van der Waals surface area contributed by atoms with Crippen LogP contribution in [-0.2, 0) is 4.79 Å². The van der Waals surface area contributed by atoms with Crippen LogP contribution in [0, 0.1) is 0 Å². The van der Waals surface area contributed by atoms with Crippen LogP contribution in [0.2, 0.25) is 0 Å². The Kier molecular flexibility index (Phi) is 2.25. The molecule has 4 nitrogen and oxygen atoms in total. The number of hydrogen-bond acceptors (Lipinski definition) is 3. The van der Waals surface area contributed by atoms with Gasteiger partial charge in [0.15, 0.2) is 12.4 Å². The van der Waals surface area contributed by atoms with Crippen LogP contribution < -0.4 is 10.1 Å². The van der Waals surface area contributed by atoms with E-state index in [1.165, 1.54) is 6.08 Å². The van der Waals surface area contributed by atoms with E-state index in [-0.39, 0.29) is 18.3 Å². The first-order chi connectivity index (χ1) is 7.20. The minimum Gasteiger partial charge on any atom is -0.482 e. The number of nitrogens with one attached hydrogen (secondary N) is 1. The highest BCUT2D eigenvalue weighted by Crippen LogP contribution is 2.28. The molecule has 0 unspecified atom stereocenters. The van der Waals surface area contributed by atoms with Gasteiger partial charge in [0.2, 0.25) is 0 Å². The molecule has 1 aromatic rings. The Balaban J connectivity index is 2.40. The van der Waals surface area contributed by atoms with Crippen LogP contribution in [0.25, 0.3) is 0 Å². The third kappa shape index (κ3) is 1.74. The molecule has 1 aliphatic heterocycles. The van der Waals surface area contributed by atoms with E-state index in [1.807, 2.05) is 0 Å². The summed E-state index contributed by atoms with van der Waals surface area (Å²) in [5, 5.41) is 2.63. The Morgan fingerprint density at radius 2 is 2.33 bits per heavy atom. The Bertz CT molecular complexity index is 451. The van der Waals surface area contributed by atoms with Gasteiger partial charge in [-0.25, -0.2) is 0 Å². The highest BCUT2D eigenvalue weighted by atomic mass is 16.5. The molecule has 2 rings (SSSR count). The third-order valence-electron chi connectivity index (χ3n) is 2.08. The molecule has 0 atom stereocenters. The number of carbonyl (C=O) groups is 2. The van der Waals surface area contributed by atoms with E-state index < -0.39 is 0 Å². The number of ketones is 1. The standard InChI is InChI=1S/C11H9NO3/c1-2-9(13)7-3-4-10-8(5-7)12-11(14)6-15-10/h2-5H,1,6H2,(H,12,14). The highest BCUT2D eigenvalue weighted by Gasteiger charge is 2.16. The Labute approximate surface area is 86.5 Å². The van der Waals surface area contributed by atoms with Crippen molar-refractivity contribution in [1.82, 2.24) is 0 Å². The lowest BCUT2D eigenvalue weighted by Crippen LogP contribution is -2.25. The zero-order chi connectivity index (χ0) is 10.8. The molecule has 76 valence electrons. The Hall–Kier alpha value is -2.10. The maximum atomic E-state index is 11.3. The van der Waals surface area contributed by atoms with Crippen molar-refractivity contribution >= 4 is 17.4 Å². The topological polar surface area (TPSA) is 55.4 Å². The second-order valence-corrected chi connectivity index (χ2v) is 3.12. The van der Waals surface area contributed by atoms with Crippen molar-refractivity contribution in [1.29, 1.82) is 0 Å². The lowest BCUT2D eigenvalue weighted by molar-refractivity contribution is -0.118. The van der Waals surface area contributed by atoms with Crippen LogP contribution in [0.3, 0.4) is 0 Å². The predicted molar refractivity (Wildman–Crippen MR) is 55.1 cm³/mol. The molecule has 0 aromatic heterocycles. The zero-order valence-electron chi connectivity index (χ0n) is 7.95. The SMILES string of the molecule is C=CC(=O)c1ccc2c(c1)NC(=O)CO2. The van der Waals surface area contributed by atoms with E-state index in [0.29, 0.717) is 17.0 Å². The number of allylic oxidation sites excluding steroid dienone is 1. The summed E-state index contributed by atoms with van der Waals surface area (Å²) in [6, 6.07) is 4.88. The minimum atomic E-state index is -0.217. The molecule has 0 radical (unpaired) electrons. The maximum Gasteiger partial charge on any atom is 0.262 e. The fraction of sp³-hybridized carbons (Fsp3) is 0.0909. The third-order valence-corrected chi connectivity index (χ3v) is 2.08. The fourth-order valence-corrected chi connectivity index (χ4v) is 1.35. The van der Waals surface area contributed by atoms with Gasteiger partial charge in [-0.15, -0.1) is 0 Å². The van der Waals surface area contributed by atoms with Crippen LogP contribution in [0.4, 0.5) is 5.69 Å². The number of benzene rings is 1. The van der Waals surface area contributed by atoms with Crippen molar-refractivity contribution in [2.24, 2.45) is 0 Å². The molecule has 1 aromatic carbocycles. The van der Waals surface area contributed by atoms with Crippen LogP contribution in [0.5, 0.6) is 5.75 Å². The van der Waals surface area contributed by atoms with Gasteiger partial charge in [0, 0.05) is 5.56 Å². The fourth-order valence-electron chi connectivity index (χ4n) is 1.35. The summed E-state index contributed by atoms with van der Waals surface area (Å²) >= 11 is 0. The van der Waals surface area contributed by atoms with Crippen molar-refractivity contribution in [3.05, 3.63) is 36.4 Å². The number of anilines is 1. The van der Waals surface area contributed by atoms with Gasteiger partial charge in [-0.2, -0.15) is 0 Å². The largest absolute Gasteiger partial charge is 0.482 e. The number of ether oxygens (including phenoxy) is 1. The smallest absolute Gasteiger partial charge is 0.262 e. The highest BCUT2D eigenvalue weighted by molar-refractivity contribution is 6.06. The lowest BCUT2D eigenvalue weighted by atomic mass is 10.1. The van der Waals surface area contributed by atoms with Gasteiger partial charge in [-0.3, -0.25) is 9.59 Å². The monoisotopic (exact) mass is 203 g/mol. The summed E-state index contributed by atoms with van der Waals surface area (Å²) in [6.45, 7) is 3.41. The van der Waals surface area contributed by atoms with E-state index in [2.05, 4.69) is 11.9 Å². The summed E-state index contributed by atoms with van der Waals surface area (Å²) in [4.78, 5) is 22.3. The van der Waals surface area contributed by atoms with Gasteiger partial charge in [0.1, 0.15) is 5.75 Å². The lowest BCUT2D eigenvalue weighted by Gasteiger charge is -2.17. The van der Waals surface area contributed by atoms with Crippen LogP contribution in [-0.4, -0.2) is 18.3 Å². The summed E-state index contributed by atoms with van der Waals surface area (Å²) in [7, 11) is 0. The summed E-state index contributed by atoms with van der Waals surface area (Å²) in [5.74, 6) is 0.179. The molecule has 1 aliphatic rings. The molecular formula is C11H9NO3. The van der Waals surface area contributed by atoms with Crippen molar-refractivity contribution in [3.8, 4) is 5.75 Å². The molecule has 0 aliphatic carbocycles. The molecule has 0 saturated heterocycles. The number of hydrogen-bond donors (Lipinski definition) is 1. The molecule has 1 heterocycles. The van der Waals surface area contributed by atoms with E-state index in [0.717, 1.165) is 0 Å². The Morgan fingerprint density at radius 3 is 3.07 bits per heavy atom. The van der Waals surface area contributed by atoms with Crippen molar-refractivity contribution in [2.75, 3.05) is 11.9 Å². The van der Waals surface area contributed by atoms with E-state index in [9.17, 15) is 9.59 Å².